The van der Waals surface area contributed by atoms with Crippen LogP contribution in [0.2, 0.25) is 0 Å². The highest BCUT2D eigenvalue weighted by molar-refractivity contribution is 5.99. The zero-order chi connectivity index (χ0) is 23.7. The van der Waals surface area contributed by atoms with Gasteiger partial charge in [0.15, 0.2) is 5.82 Å². The molecule has 0 radical (unpaired) electrons. The van der Waals surface area contributed by atoms with E-state index in [1.54, 1.807) is 37.2 Å². The first-order valence-electron chi connectivity index (χ1n) is 11.4. The van der Waals surface area contributed by atoms with Crippen LogP contribution in [0.25, 0.3) is 10.9 Å². The fourth-order valence-electron chi connectivity index (χ4n) is 4.62. The van der Waals surface area contributed by atoms with Crippen LogP contribution in [0.15, 0.2) is 24.5 Å². The van der Waals surface area contributed by atoms with Gasteiger partial charge in [0.25, 0.3) is 5.91 Å². The summed E-state index contributed by atoms with van der Waals surface area (Å²) in [5.41, 5.74) is 2.37. The SMILES string of the molecule is CC(C)c1cc([C@H]2CCCN(C(=O)CCn3ccnn3)C2)c(F)c2[nH]c(C(=O)N(C)C)cc12. The molecule has 9 heteroatoms. The van der Waals surface area contributed by atoms with E-state index < -0.39 is 0 Å². The van der Waals surface area contributed by atoms with Crippen LogP contribution in [0.3, 0.4) is 0 Å². The fraction of sp³-hybridized carbons (Fsp3) is 0.500. The van der Waals surface area contributed by atoms with E-state index in [0.717, 1.165) is 23.8 Å². The molecule has 0 bridgehead atoms. The average molecular weight is 455 g/mol. The van der Waals surface area contributed by atoms with Crippen molar-refractivity contribution in [3.05, 3.63) is 47.2 Å². The maximum absolute atomic E-state index is 15.8. The van der Waals surface area contributed by atoms with E-state index in [9.17, 15) is 9.59 Å². The second kappa shape index (κ2) is 9.33. The summed E-state index contributed by atoms with van der Waals surface area (Å²) in [5, 5.41) is 8.41. The van der Waals surface area contributed by atoms with E-state index in [1.807, 2.05) is 11.0 Å². The molecule has 1 aliphatic rings. The molecule has 8 nitrogen and oxygen atoms in total. The smallest absolute Gasteiger partial charge is 0.269 e. The summed E-state index contributed by atoms with van der Waals surface area (Å²) >= 11 is 0. The van der Waals surface area contributed by atoms with Crippen LogP contribution in [0.5, 0.6) is 0 Å². The zero-order valence-electron chi connectivity index (χ0n) is 19.6. The lowest BCUT2D eigenvalue weighted by atomic mass is 9.86. The Morgan fingerprint density at radius 3 is 2.76 bits per heavy atom. The molecule has 0 saturated carbocycles. The molecule has 0 unspecified atom stereocenters. The number of hydrogen-bond acceptors (Lipinski definition) is 4. The van der Waals surface area contributed by atoms with Crippen molar-refractivity contribution in [1.82, 2.24) is 29.8 Å². The van der Waals surface area contributed by atoms with Crippen LogP contribution in [0, 0.1) is 5.82 Å². The van der Waals surface area contributed by atoms with E-state index in [2.05, 4.69) is 29.1 Å². The number of H-pyrrole nitrogens is 1. The van der Waals surface area contributed by atoms with Crippen molar-refractivity contribution in [2.75, 3.05) is 27.2 Å². The lowest BCUT2D eigenvalue weighted by Gasteiger charge is -2.33. The van der Waals surface area contributed by atoms with Gasteiger partial charge in [0.2, 0.25) is 5.91 Å². The molecule has 1 aromatic carbocycles. The number of rotatable bonds is 6. The van der Waals surface area contributed by atoms with Gasteiger partial charge in [-0.25, -0.2) is 4.39 Å². The first-order valence-corrected chi connectivity index (χ1v) is 11.4. The van der Waals surface area contributed by atoms with Gasteiger partial charge in [-0.05, 0) is 36.0 Å². The van der Waals surface area contributed by atoms with Crippen LogP contribution >= 0.6 is 0 Å². The summed E-state index contributed by atoms with van der Waals surface area (Å²) in [4.78, 5) is 31.6. The summed E-state index contributed by atoms with van der Waals surface area (Å²) in [7, 11) is 3.35. The van der Waals surface area contributed by atoms with Gasteiger partial charge in [0.05, 0.1) is 18.3 Å². The highest BCUT2D eigenvalue weighted by atomic mass is 19.1. The average Bonchev–Trinajstić information content (AvgIpc) is 3.47. The van der Waals surface area contributed by atoms with E-state index in [1.165, 1.54) is 4.90 Å². The number of likely N-dealkylation sites (tertiary alicyclic amines) is 1. The van der Waals surface area contributed by atoms with E-state index >= 15 is 4.39 Å². The standard InChI is InChI=1S/C24H31FN6O2/c1-15(2)17-12-18(22(25)23-19(17)13-20(27-23)24(33)29(3)4)16-6-5-9-30(14-16)21(32)7-10-31-11-8-26-28-31/h8,11-13,15-16,27H,5-7,9-10,14H2,1-4H3/t16-/m0/s1. The Morgan fingerprint density at radius 1 is 1.30 bits per heavy atom. The summed E-state index contributed by atoms with van der Waals surface area (Å²) in [6.07, 6.45) is 5.29. The zero-order valence-corrected chi connectivity index (χ0v) is 19.6. The molecule has 1 aliphatic heterocycles. The van der Waals surface area contributed by atoms with Crippen molar-refractivity contribution in [1.29, 1.82) is 0 Å². The molecule has 176 valence electrons. The number of aromatic amines is 1. The number of carbonyl (C=O) groups excluding carboxylic acids is 2. The minimum atomic E-state index is -0.325. The summed E-state index contributed by atoms with van der Waals surface area (Å²) in [5.74, 6) is -0.404. The molecule has 1 atom stereocenters. The largest absolute Gasteiger partial charge is 0.348 e. The molecule has 0 aliphatic carbocycles. The summed E-state index contributed by atoms with van der Waals surface area (Å²) in [6.45, 7) is 5.77. The molecule has 33 heavy (non-hydrogen) atoms. The highest BCUT2D eigenvalue weighted by Crippen LogP contribution is 2.37. The number of benzene rings is 1. The molecule has 3 heterocycles. The van der Waals surface area contributed by atoms with Crippen LogP contribution in [-0.4, -0.2) is 68.8 Å². The number of nitrogens with zero attached hydrogens (tertiary/aromatic N) is 5. The lowest BCUT2D eigenvalue weighted by molar-refractivity contribution is -0.132. The number of hydrogen-bond donors (Lipinski definition) is 1. The molecule has 4 rings (SSSR count). The Hall–Kier alpha value is -3.23. The summed E-state index contributed by atoms with van der Waals surface area (Å²) < 4.78 is 17.4. The maximum Gasteiger partial charge on any atom is 0.269 e. The molecule has 1 saturated heterocycles. The van der Waals surface area contributed by atoms with Gasteiger partial charge in [-0.15, -0.1) is 5.10 Å². The second-order valence-corrected chi connectivity index (χ2v) is 9.29. The van der Waals surface area contributed by atoms with Gasteiger partial charge in [-0.2, -0.15) is 0 Å². The van der Waals surface area contributed by atoms with Gasteiger partial charge in [-0.3, -0.25) is 14.3 Å². The quantitative estimate of drug-likeness (QED) is 0.617. The predicted octanol–water partition coefficient (Wildman–Crippen LogP) is 3.52. The van der Waals surface area contributed by atoms with Gasteiger partial charge >= 0.3 is 0 Å². The molecular weight excluding hydrogens is 423 g/mol. The second-order valence-electron chi connectivity index (χ2n) is 9.29. The number of nitrogens with one attached hydrogen (secondary N) is 1. The van der Waals surface area contributed by atoms with Gasteiger partial charge < -0.3 is 14.8 Å². The normalized spacial score (nSPS) is 16.5. The first kappa shape index (κ1) is 22.9. The predicted molar refractivity (Wildman–Crippen MR) is 124 cm³/mol. The first-order chi connectivity index (χ1) is 15.8. The van der Waals surface area contributed by atoms with Crippen molar-refractivity contribution in [3.8, 4) is 0 Å². The van der Waals surface area contributed by atoms with Crippen molar-refractivity contribution in [2.45, 2.75) is 51.5 Å². The fourth-order valence-corrected chi connectivity index (χ4v) is 4.62. The molecular formula is C24H31FN6O2. The number of halogens is 1. The molecule has 2 aromatic heterocycles. The topological polar surface area (TPSA) is 87.1 Å². The maximum atomic E-state index is 15.8. The molecule has 1 fully saturated rings. The summed E-state index contributed by atoms with van der Waals surface area (Å²) in [6, 6.07) is 3.69. The minimum absolute atomic E-state index is 0.0412. The van der Waals surface area contributed by atoms with E-state index in [-0.39, 0.29) is 29.5 Å². The monoisotopic (exact) mass is 454 g/mol. The Bertz CT molecular complexity index is 1150. The Labute approximate surface area is 192 Å². The van der Waals surface area contributed by atoms with Crippen LogP contribution in [0.1, 0.15) is 66.6 Å². The van der Waals surface area contributed by atoms with Crippen LogP contribution in [0.4, 0.5) is 4.39 Å². The number of aryl methyl sites for hydroxylation is 1. The minimum Gasteiger partial charge on any atom is -0.348 e. The Kier molecular flexibility index (Phi) is 6.49. The van der Waals surface area contributed by atoms with Crippen LogP contribution < -0.4 is 0 Å². The van der Waals surface area contributed by atoms with Crippen LogP contribution in [-0.2, 0) is 11.3 Å². The van der Waals surface area contributed by atoms with Gasteiger partial charge in [-0.1, -0.05) is 25.1 Å². The molecule has 1 N–H and O–H groups in total. The molecule has 0 spiro atoms. The third-order valence-electron chi connectivity index (χ3n) is 6.41. The lowest BCUT2D eigenvalue weighted by Crippen LogP contribution is -2.39. The van der Waals surface area contributed by atoms with Gasteiger partial charge in [0, 0.05) is 51.1 Å². The number of amides is 2. The third-order valence-corrected chi connectivity index (χ3v) is 6.41. The highest BCUT2D eigenvalue weighted by Gasteiger charge is 2.29. The Balaban J connectivity index is 1.61. The van der Waals surface area contributed by atoms with E-state index in [0.29, 0.717) is 42.8 Å². The number of fused-ring (bicyclic) bond motifs is 1. The van der Waals surface area contributed by atoms with Crippen molar-refractivity contribution < 1.29 is 14.0 Å². The number of aromatic nitrogens is 4. The van der Waals surface area contributed by atoms with E-state index in [4.69, 9.17) is 0 Å². The number of carbonyl (C=O) groups is 2. The third kappa shape index (κ3) is 4.62. The van der Waals surface area contributed by atoms with Gasteiger partial charge in [0.1, 0.15) is 5.69 Å². The molecule has 3 aromatic rings. The molecule has 2 amide bonds. The number of piperidine rings is 1. The van der Waals surface area contributed by atoms with Crippen molar-refractivity contribution >= 4 is 22.7 Å². The van der Waals surface area contributed by atoms with Crippen molar-refractivity contribution in [3.63, 3.8) is 0 Å². The Morgan fingerprint density at radius 2 is 2.09 bits per heavy atom. The van der Waals surface area contributed by atoms with Crippen molar-refractivity contribution in [2.24, 2.45) is 0 Å².